The summed E-state index contributed by atoms with van der Waals surface area (Å²) in [4.78, 5) is 25.0. The number of aliphatic hydroxyl groups excluding tert-OH is 1. The molecule has 1 fully saturated rings. The van der Waals surface area contributed by atoms with Crippen LogP contribution in [0.25, 0.3) is 0 Å². The number of carbonyl (C=O) groups excluding carboxylic acids is 2. The van der Waals surface area contributed by atoms with E-state index in [1.54, 1.807) is 29.2 Å². The average molecular weight is 263 g/mol. The molecule has 1 aliphatic heterocycles. The standard InChI is InChI=1S/C13H17N3O3/c14-11-3-1-10(2-4-11)13(19)15-5-12(18)16-6-9(7-16)8-17/h1-4,9,17H,5-8,14H2,(H,15,19). The van der Waals surface area contributed by atoms with E-state index in [0.29, 0.717) is 24.3 Å². The molecule has 0 unspecified atom stereocenters. The van der Waals surface area contributed by atoms with Crippen molar-refractivity contribution in [2.75, 3.05) is 32.0 Å². The molecular formula is C13H17N3O3. The van der Waals surface area contributed by atoms with Crippen molar-refractivity contribution in [1.82, 2.24) is 10.2 Å². The molecule has 2 amide bonds. The molecule has 1 aromatic rings. The zero-order valence-corrected chi connectivity index (χ0v) is 10.5. The number of nitrogens with one attached hydrogen (secondary N) is 1. The number of rotatable bonds is 4. The van der Waals surface area contributed by atoms with Crippen molar-refractivity contribution >= 4 is 17.5 Å². The third-order valence-corrected chi connectivity index (χ3v) is 3.14. The third kappa shape index (κ3) is 3.23. The fraction of sp³-hybridized carbons (Fsp3) is 0.385. The van der Waals surface area contributed by atoms with Gasteiger partial charge in [-0.05, 0) is 24.3 Å². The van der Waals surface area contributed by atoms with Gasteiger partial charge >= 0.3 is 0 Å². The van der Waals surface area contributed by atoms with Crippen molar-refractivity contribution < 1.29 is 14.7 Å². The second-order valence-corrected chi connectivity index (χ2v) is 4.65. The molecule has 0 saturated carbocycles. The van der Waals surface area contributed by atoms with Gasteiger partial charge in [0.2, 0.25) is 5.91 Å². The summed E-state index contributed by atoms with van der Waals surface area (Å²) in [7, 11) is 0. The highest BCUT2D eigenvalue weighted by Gasteiger charge is 2.29. The van der Waals surface area contributed by atoms with Crippen LogP contribution in [-0.4, -0.2) is 48.1 Å². The molecule has 2 rings (SSSR count). The third-order valence-electron chi connectivity index (χ3n) is 3.14. The van der Waals surface area contributed by atoms with Crippen molar-refractivity contribution in [3.05, 3.63) is 29.8 Å². The van der Waals surface area contributed by atoms with E-state index >= 15 is 0 Å². The molecule has 0 aromatic heterocycles. The lowest BCUT2D eigenvalue weighted by Gasteiger charge is -2.38. The molecule has 6 nitrogen and oxygen atoms in total. The number of likely N-dealkylation sites (tertiary alicyclic amines) is 1. The molecule has 1 heterocycles. The van der Waals surface area contributed by atoms with Gasteiger partial charge in [-0.3, -0.25) is 9.59 Å². The molecule has 0 atom stereocenters. The molecule has 1 saturated heterocycles. The summed E-state index contributed by atoms with van der Waals surface area (Å²) < 4.78 is 0. The van der Waals surface area contributed by atoms with Gasteiger partial charge in [0, 0.05) is 36.9 Å². The first kappa shape index (κ1) is 13.4. The Morgan fingerprint density at radius 1 is 1.32 bits per heavy atom. The molecule has 6 heteroatoms. The van der Waals surface area contributed by atoms with Crippen LogP contribution in [0.1, 0.15) is 10.4 Å². The van der Waals surface area contributed by atoms with Gasteiger partial charge in [-0.1, -0.05) is 0 Å². The highest BCUT2D eigenvalue weighted by Crippen LogP contribution is 2.14. The van der Waals surface area contributed by atoms with Crippen LogP contribution in [0.15, 0.2) is 24.3 Å². The monoisotopic (exact) mass is 263 g/mol. The number of benzene rings is 1. The summed E-state index contributed by atoms with van der Waals surface area (Å²) in [6, 6.07) is 6.50. The smallest absolute Gasteiger partial charge is 0.251 e. The van der Waals surface area contributed by atoms with E-state index in [2.05, 4.69) is 5.32 Å². The van der Waals surface area contributed by atoms with E-state index in [1.807, 2.05) is 0 Å². The molecular weight excluding hydrogens is 246 g/mol. The maximum absolute atomic E-state index is 11.7. The molecule has 0 spiro atoms. The van der Waals surface area contributed by atoms with Crippen molar-refractivity contribution in [3.63, 3.8) is 0 Å². The van der Waals surface area contributed by atoms with E-state index in [0.717, 1.165) is 0 Å². The highest BCUT2D eigenvalue weighted by molar-refractivity contribution is 5.96. The Labute approximate surface area is 111 Å². The van der Waals surface area contributed by atoms with Crippen LogP contribution in [0.5, 0.6) is 0 Å². The van der Waals surface area contributed by atoms with E-state index in [1.165, 1.54) is 0 Å². The predicted molar refractivity (Wildman–Crippen MR) is 70.3 cm³/mol. The fourth-order valence-electron chi connectivity index (χ4n) is 1.89. The number of nitrogens with two attached hydrogens (primary N) is 1. The lowest BCUT2D eigenvalue weighted by molar-refractivity contribution is -0.137. The van der Waals surface area contributed by atoms with E-state index in [4.69, 9.17) is 10.8 Å². The topological polar surface area (TPSA) is 95.7 Å². The van der Waals surface area contributed by atoms with Gasteiger partial charge in [0.15, 0.2) is 0 Å². The maximum atomic E-state index is 11.7. The summed E-state index contributed by atoms with van der Waals surface area (Å²) in [5.41, 5.74) is 6.59. The van der Waals surface area contributed by atoms with Crippen LogP contribution in [-0.2, 0) is 4.79 Å². The van der Waals surface area contributed by atoms with Crippen LogP contribution < -0.4 is 11.1 Å². The van der Waals surface area contributed by atoms with Gasteiger partial charge in [0.05, 0.1) is 6.54 Å². The summed E-state index contributed by atoms with van der Waals surface area (Å²) in [5, 5.41) is 11.4. The van der Waals surface area contributed by atoms with Crippen LogP contribution in [0.3, 0.4) is 0 Å². The molecule has 0 aliphatic carbocycles. The Morgan fingerprint density at radius 2 is 1.95 bits per heavy atom. The minimum Gasteiger partial charge on any atom is -0.399 e. The number of amides is 2. The predicted octanol–water partition coefficient (Wildman–Crippen LogP) is -0.551. The number of nitrogens with zero attached hydrogens (tertiary/aromatic N) is 1. The largest absolute Gasteiger partial charge is 0.399 e. The fourth-order valence-corrected chi connectivity index (χ4v) is 1.89. The maximum Gasteiger partial charge on any atom is 0.251 e. The molecule has 0 radical (unpaired) electrons. The lowest BCUT2D eigenvalue weighted by atomic mass is 10.0. The van der Waals surface area contributed by atoms with Crippen molar-refractivity contribution in [1.29, 1.82) is 0 Å². The van der Waals surface area contributed by atoms with Gasteiger partial charge in [-0.15, -0.1) is 0 Å². The quantitative estimate of drug-likeness (QED) is 0.635. The molecule has 0 bridgehead atoms. The Bertz CT molecular complexity index is 467. The molecule has 4 N–H and O–H groups in total. The number of hydrogen-bond donors (Lipinski definition) is 3. The van der Waals surface area contributed by atoms with E-state index in [-0.39, 0.29) is 30.9 Å². The van der Waals surface area contributed by atoms with Crippen LogP contribution in [0, 0.1) is 5.92 Å². The Kier molecular flexibility index (Phi) is 4.01. The zero-order valence-electron chi connectivity index (χ0n) is 10.5. The normalized spacial score (nSPS) is 14.9. The number of aliphatic hydroxyl groups is 1. The number of carbonyl (C=O) groups is 2. The summed E-state index contributed by atoms with van der Waals surface area (Å²) in [5.74, 6) is -0.252. The summed E-state index contributed by atoms with van der Waals surface area (Å²) in [6.45, 7) is 1.20. The van der Waals surface area contributed by atoms with Crippen LogP contribution in [0.2, 0.25) is 0 Å². The second-order valence-electron chi connectivity index (χ2n) is 4.65. The Morgan fingerprint density at radius 3 is 2.53 bits per heavy atom. The zero-order chi connectivity index (χ0) is 13.8. The summed E-state index contributed by atoms with van der Waals surface area (Å²) >= 11 is 0. The van der Waals surface area contributed by atoms with Crippen LogP contribution in [0.4, 0.5) is 5.69 Å². The minimum atomic E-state index is -0.299. The van der Waals surface area contributed by atoms with Crippen molar-refractivity contribution in [2.45, 2.75) is 0 Å². The molecule has 1 aliphatic rings. The first-order chi connectivity index (χ1) is 9.10. The van der Waals surface area contributed by atoms with Crippen LogP contribution >= 0.6 is 0 Å². The Hall–Kier alpha value is -2.08. The molecule has 1 aromatic carbocycles. The average Bonchev–Trinajstić information content (AvgIpc) is 2.35. The number of hydrogen-bond acceptors (Lipinski definition) is 4. The number of nitrogen functional groups attached to an aromatic ring is 1. The molecule has 102 valence electrons. The minimum absolute atomic E-state index is 0.0264. The van der Waals surface area contributed by atoms with Gasteiger partial charge in [-0.25, -0.2) is 0 Å². The van der Waals surface area contributed by atoms with E-state index in [9.17, 15) is 9.59 Å². The first-order valence-corrected chi connectivity index (χ1v) is 6.12. The van der Waals surface area contributed by atoms with Gasteiger partial charge in [0.25, 0.3) is 5.91 Å². The van der Waals surface area contributed by atoms with Crippen molar-refractivity contribution in [2.24, 2.45) is 5.92 Å². The van der Waals surface area contributed by atoms with Gasteiger partial charge in [-0.2, -0.15) is 0 Å². The SMILES string of the molecule is Nc1ccc(C(=O)NCC(=O)N2CC(CO)C2)cc1. The lowest BCUT2D eigenvalue weighted by Crippen LogP contribution is -2.54. The summed E-state index contributed by atoms with van der Waals surface area (Å²) in [6.07, 6.45) is 0. The highest BCUT2D eigenvalue weighted by atomic mass is 16.3. The van der Waals surface area contributed by atoms with Gasteiger partial charge in [0.1, 0.15) is 0 Å². The number of anilines is 1. The first-order valence-electron chi connectivity index (χ1n) is 6.12. The Balaban J connectivity index is 1.78. The van der Waals surface area contributed by atoms with Gasteiger partial charge < -0.3 is 21.1 Å². The molecule has 19 heavy (non-hydrogen) atoms. The van der Waals surface area contributed by atoms with Crippen molar-refractivity contribution in [3.8, 4) is 0 Å². The second kappa shape index (κ2) is 5.71. The van der Waals surface area contributed by atoms with E-state index < -0.39 is 0 Å².